The molecule has 2 N–H and O–H groups in total. The molecular weight excluding hydrogens is 440 g/mol. The fraction of sp³-hybridized carbons (Fsp3) is 0.0690. The van der Waals surface area contributed by atoms with Gasteiger partial charge in [-0.1, -0.05) is 84.5 Å². The van der Waals surface area contributed by atoms with E-state index in [9.17, 15) is 14.7 Å². The number of carbonyl (C=O) groups excluding carboxylic acids is 1. The molecule has 6 nitrogen and oxygen atoms in total. The van der Waals surface area contributed by atoms with Crippen LogP contribution >= 0.6 is 0 Å². The van der Waals surface area contributed by atoms with Gasteiger partial charge in [-0.3, -0.25) is 4.79 Å². The molecule has 1 atom stereocenters. The van der Waals surface area contributed by atoms with E-state index in [1.807, 2.05) is 48.5 Å². The molecule has 4 aromatic carbocycles. The Morgan fingerprint density at radius 1 is 0.943 bits per heavy atom. The van der Waals surface area contributed by atoms with E-state index >= 15 is 0 Å². The van der Waals surface area contributed by atoms with Crippen molar-refractivity contribution < 1.29 is 14.4 Å². The summed E-state index contributed by atoms with van der Waals surface area (Å²) in [6.07, 6.45) is 1.54. The van der Waals surface area contributed by atoms with Crippen molar-refractivity contribution in [2.75, 3.05) is 5.32 Å². The number of benzene rings is 4. The lowest BCUT2D eigenvalue weighted by atomic mass is 9.84. The Kier molecular flexibility index (Phi) is 5.73. The summed E-state index contributed by atoms with van der Waals surface area (Å²) < 4.78 is 4.79. The highest BCUT2D eigenvalue weighted by Crippen LogP contribution is 2.31. The molecule has 35 heavy (non-hydrogen) atoms. The summed E-state index contributed by atoms with van der Waals surface area (Å²) in [4.78, 5) is 25.7. The maximum absolute atomic E-state index is 13.7. The van der Waals surface area contributed by atoms with Gasteiger partial charge in [0.05, 0.1) is 5.39 Å². The maximum Gasteiger partial charge on any atom is 0.366 e. The second-order valence-electron chi connectivity index (χ2n) is 8.32. The van der Waals surface area contributed by atoms with E-state index in [2.05, 4.69) is 17.1 Å². The lowest BCUT2D eigenvalue weighted by Crippen LogP contribution is -2.42. The normalized spacial score (nSPS) is 12.8. The van der Waals surface area contributed by atoms with Gasteiger partial charge in [0.1, 0.15) is 5.69 Å². The van der Waals surface area contributed by atoms with Crippen LogP contribution < -0.4 is 10.9 Å². The second kappa shape index (κ2) is 9.00. The van der Waals surface area contributed by atoms with Crippen LogP contribution in [0.25, 0.3) is 27.6 Å². The van der Waals surface area contributed by atoms with Crippen LogP contribution in [0.15, 0.2) is 107 Å². The fourth-order valence-electron chi connectivity index (χ4n) is 4.33. The number of fused-ring (bicyclic) bond motifs is 2. The Morgan fingerprint density at radius 2 is 1.69 bits per heavy atom. The van der Waals surface area contributed by atoms with Crippen LogP contribution in [-0.4, -0.2) is 16.2 Å². The third-order valence-corrected chi connectivity index (χ3v) is 6.15. The summed E-state index contributed by atoms with van der Waals surface area (Å²) in [5.41, 5.74) is -0.329. The zero-order chi connectivity index (χ0) is 24.4. The lowest BCUT2D eigenvalue weighted by molar-refractivity contribution is -0.135. The monoisotopic (exact) mass is 462 g/mol. The molecule has 0 fully saturated rings. The van der Waals surface area contributed by atoms with Crippen molar-refractivity contribution in [2.45, 2.75) is 12.0 Å². The Labute approximate surface area is 201 Å². The van der Waals surface area contributed by atoms with Crippen molar-refractivity contribution in [2.24, 2.45) is 0 Å². The first-order valence-electron chi connectivity index (χ1n) is 11.1. The molecule has 0 aliphatic rings. The third-order valence-electron chi connectivity index (χ3n) is 6.15. The topological polar surface area (TPSA) is 92.4 Å². The Balaban J connectivity index is 1.57. The second-order valence-corrected chi connectivity index (χ2v) is 8.32. The number of anilines is 1. The molecule has 1 amide bonds. The maximum atomic E-state index is 13.7. The minimum atomic E-state index is -1.85. The molecule has 0 radical (unpaired) electrons. The quantitative estimate of drug-likeness (QED) is 0.368. The van der Waals surface area contributed by atoms with Crippen LogP contribution in [-0.2, 0) is 16.8 Å². The zero-order valence-electron chi connectivity index (χ0n) is 18.8. The van der Waals surface area contributed by atoms with Gasteiger partial charge in [0.15, 0.2) is 5.60 Å². The van der Waals surface area contributed by atoms with Gasteiger partial charge in [0.25, 0.3) is 5.91 Å². The van der Waals surface area contributed by atoms with Gasteiger partial charge in [-0.2, -0.15) is 0 Å². The summed E-state index contributed by atoms with van der Waals surface area (Å²) in [5, 5.41) is 21.3. The molecule has 5 aromatic rings. The average molecular weight is 463 g/mol. The van der Waals surface area contributed by atoms with Gasteiger partial charge in [0, 0.05) is 17.5 Å². The van der Waals surface area contributed by atoms with Crippen LogP contribution in [0, 0.1) is 0 Å². The predicted octanol–water partition coefficient (Wildman–Crippen LogP) is 5.05. The van der Waals surface area contributed by atoms with Gasteiger partial charge >= 0.3 is 5.63 Å². The minimum Gasteiger partial charge on any atom is -0.375 e. The standard InChI is InChI=1S/C29H22N2O4/c1-2-26-25-17-22(15-16-24(25)27(32)35-31-26)30-28(33)29(34,21-12-4-3-5-13-21)18-20-11-8-10-19-9-6-7-14-23(19)20/h2-17,34H,1,18H2,(H,30,33). The van der Waals surface area contributed by atoms with E-state index in [0.29, 0.717) is 27.7 Å². The molecule has 0 saturated heterocycles. The molecule has 0 bridgehead atoms. The zero-order valence-corrected chi connectivity index (χ0v) is 18.8. The molecule has 172 valence electrons. The van der Waals surface area contributed by atoms with E-state index in [1.165, 1.54) is 6.08 Å². The van der Waals surface area contributed by atoms with Crippen molar-refractivity contribution in [3.05, 3.63) is 125 Å². The van der Waals surface area contributed by atoms with Gasteiger partial charge in [-0.15, -0.1) is 0 Å². The summed E-state index contributed by atoms with van der Waals surface area (Å²) in [7, 11) is 0. The first-order valence-corrected chi connectivity index (χ1v) is 11.1. The van der Waals surface area contributed by atoms with Crippen molar-refractivity contribution in [3.63, 3.8) is 0 Å². The van der Waals surface area contributed by atoms with E-state index in [0.717, 1.165) is 16.3 Å². The van der Waals surface area contributed by atoms with E-state index in [-0.39, 0.29) is 6.42 Å². The van der Waals surface area contributed by atoms with Gasteiger partial charge in [-0.05, 0) is 46.2 Å². The highest BCUT2D eigenvalue weighted by Gasteiger charge is 2.38. The van der Waals surface area contributed by atoms with Crippen LogP contribution in [0.2, 0.25) is 0 Å². The Hall–Kier alpha value is -4.55. The van der Waals surface area contributed by atoms with E-state index in [1.54, 1.807) is 42.5 Å². The number of rotatable bonds is 6. The molecule has 1 aromatic heterocycles. The molecule has 0 saturated carbocycles. The van der Waals surface area contributed by atoms with Gasteiger partial charge < -0.3 is 14.9 Å². The summed E-state index contributed by atoms with van der Waals surface area (Å²) in [6, 6.07) is 27.3. The molecule has 0 aliphatic carbocycles. The molecule has 5 rings (SSSR count). The highest BCUT2D eigenvalue weighted by molar-refractivity contribution is 6.01. The third kappa shape index (κ3) is 4.11. The van der Waals surface area contributed by atoms with Crippen LogP contribution in [0.1, 0.15) is 16.8 Å². The van der Waals surface area contributed by atoms with E-state index < -0.39 is 17.1 Å². The van der Waals surface area contributed by atoms with Crippen molar-refractivity contribution >= 4 is 39.2 Å². The molecule has 0 spiro atoms. The number of aliphatic hydroxyl groups is 1. The Morgan fingerprint density at radius 3 is 2.49 bits per heavy atom. The molecule has 1 unspecified atom stereocenters. The smallest absolute Gasteiger partial charge is 0.366 e. The van der Waals surface area contributed by atoms with Crippen LogP contribution in [0.3, 0.4) is 0 Å². The minimum absolute atomic E-state index is 0.0703. The number of nitrogens with zero attached hydrogens (tertiary/aromatic N) is 1. The van der Waals surface area contributed by atoms with Crippen molar-refractivity contribution in [1.82, 2.24) is 5.16 Å². The van der Waals surface area contributed by atoms with Crippen molar-refractivity contribution in [3.8, 4) is 0 Å². The largest absolute Gasteiger partial charge is 0.375 e. The summed E-state index contributed by atoms with van der Waals surface area (Å²) >= 11 is 0. The Bertz CT molecular complexity index is 1620. The van der Waals surface area contributed by atoms with Crippen molar-refractivity contribution in [1.29, 1.82) is 0 Å². The number of aromatic nitrogens is 1. The van der Waals surface area contributed by atoms with Crippen LogP contribution in [0.4, 0.5) is 5.69 Å². The first kappa shape index (κ1) is 22.3. The predicted molar refractivity (Wildman–Crippen MR) is 137 cm³/mol. The first-order chi connectivity index (χ1) is 17.0. The fourth-order valence-corrected chi connectivity index (χ4v) is 4.33. The SMILES string of the molecule is C=Cc1noc(=O)c2ccc(NC(=O)C(O)(Cc3cccc4ccccc34)c3ccccc3)cc12. The average Bonchev–Trinajstić information content (AvgIpc) is 2.89. The number of hydrogen-bond acceptors (Lipinski definition) is 5. The van der Waals surface area contributed by atoms with Gasteiger partial charge in [0.2, 0.25) is 0 Å². The molecule has 6 heteroatoms. The summed E-state index contributed by atoms with van der Waals surface area (Å²) in [5.74, 6) is -0.591. The van der Waals surface area contributed by atoms with E-state index in [4.69, 9.17) is 4.52 Å². The molecular formula is C29H22N2O4. The number of amides is 1. The van der Waals surface area contributed by atoms with Gasteiger partial charge in [-0.25, -0.2) is 4.79 Å². The number of carbonyl (C=O) groups is 1. The number of hydrogen-bond donors (Lipinski definition) is 2. The molecule has 0 aliphatic heterocycles. The van der Waals surface area contributed by atoms with Crippen LogP contribution in [0.5, 0.6) is 0 Å². The number of nitrogens with one attached hydrogen (secondary N) is 1. The highest BCUT2D eigenvalue weighted by atomic mass is 16.5. The molecule has 1 heterocycles. The lowest BCUT2D eigenvalue weighted by Gasteiger charge is -2.28. The summed E-state index contributed by atoms with van der Waals surface area (Å²) in [6.45, 7) is 3.70.